The molecule has 1 unspecified atom stereocenters. The highest BCUT2D eigenvalue weighted by molar-refractivity contribution is 5.76. The lowest BCUT2D eigenvalue weighted by atomic mass is 10.1. The van der Waals surface area contributed by atoms with E-state index in [4.69, 9.17) is 4.74 Å². The van der Waals surface area contributed by atoms with Crippen LogP contribution in [0.4, 0.5) is 4.39 Å². The molecule has 0 spiro atoms. The molecule has 1 atom stereocenters. The molecule has 0 aromatic heterocycles. The monoisotopic (exact) mass is 280 g/mol. The third kappa shape index (κ3) is 4.20. The normalized spacial score (nSPS) is 15.8. The summed E-state index contributed by atoms with van der Waals surface area (Å²) in [5.74, 6) is 0.147. The largest absolute Gasteiger partial charge is 0.493 e. The fourth-order valence-electron chi connectivity index (χ4n) is 1.89. The van der Waals surface area contributed by atoms with Gasteiger partial charge in [0.05, 0.1) is 13.0 Å². The van der Waals surface area contributed by atoms with E-state index in [-0.39, 0.29) is 24.4 Å². The zero-order chi connectivity index (χ0) is 14.5. The number of benzene rings is 1. The number of carbonyl (C=O) groups excluding carboxylic acids is 1. The van der Waals surface area contributed by atoms with E-state index in [1.165, 1.54) is 6.07 Å². The predicted molar refractivity (Wildman–Crippen MR) is 75.2 cm³/mol. The Morgan fingerprint density at radius 1 is 1.50 bits per heavy atom. The van der Waals surface area contributed by atoms with Gasteiger partial charge in [0.2, 0.25) is 5.91 Å². The number of hydrogen-bond donors (Lipinski definition) is 2. The Balaban J connectivity index is 1.80. The summed E-state index contributed by atoms with van der Waals surface area (Å²) >= 11 is 0. The molecule has 0 heterocycles. The van der Waals surface area contributed by atoms with Crippen LogP contribution in [-0.2, 0) is 4.79 Å². The van der Waals surface area contributed by atoms with Gasteiger partial charge in [-0.3, -0.25) is 4.79 Å². The van der Waals surface area contributed by atoms with Gasteiger partial charge in [-0.1, -0.05) is 6.07 Å². The maximum atomic E-state index is 13.9. The van der Waals surface area contributed by atoms with Crippen molar-refractivity contribution in [1.82, 2.24) is 10.6 Å². The Hall–Kier alpha value is -1.62. The number of halogens is 1. The van der Waals surface area contributed by atoms with E-state index in [9.17, 15) is 9.18 Å². The van der Waals surface area contributed by atoms with Crippen molar-refractivity contribution in [3.63, 3.8) is 0 Å². The van der Waals surface area contributed by atoms with Gasteiger partial charge in [0.1, 0.15) is 11.6 Å². The molecule has 0 saturated heterocycles. The van der Waals surface area contributed by atoms with Crippen molar-refractivity contribution < 1.29 is 13.9 Å². The summed E-state index contributed by atoms with van der Waals surface area (Å²) in [4.78, 5) is 11.5. The Morgan fingerprint density at radius 3 is 2.85 bits per heavy atom. The molecule has 1 aliphatic carbocycles. The van der Waals surface area contributed by atoms with Crippen molar-refractivity contribution in [3.8, 4) is 5.75 Å². The Bertz CT molecular complexity index is 475. The summed E-state index contributed by atoms with van der Waals surface area (Å²) in [5, 5.41) is 5.87. The minimum Gasteiger partial charge on any atom is -0.493 e. The van der Waals surface area contributed by atoms with Crippen LogP contribution in [0.5, 0.6) is 5.75 Å². The molecule has 20 heavy (non-hydrogen) atoms. The summed E-state index contributed by atoms with van der Waals surface area (Å²) in [6.07, 6.45) is 2.44. The van der Waals surface area contributed by atoms with Crippen molar-refractivity contribution >= 4 is 5.91 Å². The van der Waals surface area contributed by atoms with Gasteiger partial charge in [0.15, 0.2) is 0 Å². The van der Waals surface area contributed by atoms with Crippen LogP contribution < -0.4 is 15.4 Å². The average Bonchev–Trinajstić information content (AvgIpc) is 3.22. The highest BCUT2D eigenvalue weighted by Crippen LogP contribution is 2.22. The zero-order valence-corrected chi connectivity index (χ0v) is 11.9. The Labute approximate surface area is 118 Å². The molecule has 5 heteroatoms. The topological polar surface area (TPSA) is 50.4 Å². The van der Waals surface area contributed by atoms with E-state index in [0.29, 0.717) is 23.8 Å². The molecular formula is C15H21FN2O2. The van der Waals surface area contributed by atoms with E-state index in [2.05, 4.69) is 10.6 Å². The first-order chi connectivity index (χ1) is 9.60. The number of amides is 1. The molecule has 0 radical (unpaired) electrons. The number of ether oxygens (including phenoxy) is 1. The van der Waals surface area contributed by atoms with Crippen molar-refractivity contribution in [2.75, 3.05) is 13.7 Å². The predicted octanol–water partition coefficient (Wildman–Crippen LogP) is 2.15. The first-order valence-corrected chi connectivity index (χ1v) is 6.99. The molecule has 0 bridgehead atoms. The standard InChI is InChI=1S/C15H21FN2O2/c1-10(17-2)13-6-5-12(9-14(13)16)20-8-7-15(19)18-11-3-4-11/h5-6,9-11,17H,3-4,7-8H2,1-2H3,(H,18,19). The van der Waals surface area contributed by atoms with Gasteiger partial charge in [-0.25, -0.2) is 4.39 Å². The Kier molecular flexibility index (Phi) is 4.95. The average molecular weight is 280 g/mol. The molecule has 2 N–H and O–H groups in total. The lowest BCUT2D eigenvalue weighted by molar-refractivity contribution is -0.121. The number of nitrogens with one attached hydrogen (secondary N) is 2. The first kappa shape index (κ1) is 14.8. The zero-order valence-electron chi connectivity index (χ0n) is 11.9. The smallest absolute Gasteiger partial charge is 0.223 e. The van der Waals surface area contributed by atoms with Crippen LogP contribution in [0.3, 0.4) is 0 Å². The molecule has 1 amide bonds. The van der Waals surface area contributed by atoms with Crippen LogP contribution >= 0.6 is 0 Å². The second-order valence-corrected chi connectivity index (χ2v) is 5.13. The summed E-state index contributed by atoms with van der Waals surface area (Å²) < 4.78 is 19.3. The summed E-state index contributed by atoms with van der Waals surface area (Å²) in [7, 11) is 1.78. The highest BCUT2D eigenvalue weighted by Gasteiger charge is 2.22. The lowest BCUT2D eigenvalue weighted by Crippen LogP contribution is -2.26. The van der Waals surface area contributed by atoms with E-state index in [1.807, 2.05) is 6.92 Å². The minimum atomic E-state index is -0.299. The third-order valence-corrected chi connectivity index (χ3v) is 3.41. The van der Waals surface area contributed by atoms with E-state index >= 15 is 0 Å². The van der Waals surface area contributed by atoms with Gasteiger partial charge in [-0.15, -0.1) is 0 Å². The van der Waals surface area contributed by atoms with Crippen LogP contribution in [0.15, 0.2) is 18.2 Å². The molecule has 1 aromatic carbocycles. The van der Waals surface area contributed by atoms with E-state index in [0.717, 1.165) is 12.8 Å². The molecule has 1 fully saturated rings. The molecule has 0 aliphatic heterocycles. The maximum Gasteiger partial charge on any atom is 0.223 e. The van der Waals surface area contributed by atoms with Crippen LogP contribution in [0.1, 0.15) is 37.8 Å². The Morgan fingerprint density at radius 2 is 2.25 bits per heavy atom. The fraction of sp³-hybridized carbons (Fsp3) is 0.533. The third-order valence-electron chi connectivity index (χ3n) is 3.41. The SMILES string of the molecule is CNC(C)c1ccc(OCCC(=O)NC2CC2)cc1F. The van der Waals surface area contributed by atoms with E-state index < -0.39 is 0 Å². The number of rotatable bonds is 7. The van der Waals surface area contributed by atoms with Gasteiger partial charge in [0.25, 0.3) is 0 Å². The lowest BCUT2D eigenvalue weighted by Gasteiger charge is -2.13. The van der Waals surface area contributed by atoms with Gasteiger partial charge in [-0.2, -0.15) is 0 Å². The quantitative estimate of drug-likeness (QED) is 0.804. The van der Waals surface area contributed by atoms with Crippen LogP contribution in [0.2, 0.25) is 0 Å². The van der Waals surface area contributed by atoms with Crippen molar-refractivity contribution in [1.29, 1.82) is 0 Å². The van der Waals surface area contributed by atoms with Gasteiger partial charge in [0, 0.05) is 23.7 Å². The molecule has 110 valence electrons. The molecule has 2 rings (SSSR count). The van der Waals surface area contributed by atoms with Gasteiger partial charge >= 0.3 is 0 Å². The summed E-state index contributed by atoms with van der Waals surface area (Å²) in [5.41, 5.74) is 0.603. The molecule has 1 aliphatic rings. The van der Waals surface area contributed by atoms with Crippen molar-refractivity contribution in [2.24, 2.45) is 0 Å². The van der Waals surface area contributed by atoms with Crippen LogP contribution in [0, 0.1) is 5.82 Å². The molecule has 1 saturated carbocycles. The molecule has 4 nitrogen and oxygen atoms in total. The fourth-order valence-corrected chi connectivity index (χ4v) is 1.89. The second-order valence-electron chi connectivity index (χ2n) is 5.13. The first-order valence-electron chi connectivity index (χ1n) is 6.99. The number of hydrogen-bond acceptors (Lipinski definition) is 3. The molecular weight excluding hydrogens is 259 g/mol. The van der Waals surface area contributed by atoms with Crippen LogP contribution in [0.25, 0.3) is 0 Å². The second kappa shape index (κ2) is 6.70. The summed E-state index contributed by atoms with van der Waals surface area (Å²) in [6, 6.07) is 5.11. The van der Waals surface area contributed by atoms with Crippen molar-refractivity contribution in [2.45, 2.75) is 38.3 Å². The molecule has 1 aromatic rings. The number of carbonyl (C=O) groups is 1. The maximum absolute atomic E-state index is 13.9. The van der Waals surface area contributed by atoms with Crippen molar-refractivity contribution in [3.05, 3.63) is 29.6 Å². The highest BCUT2D eigenvalue weighted by atomic mass is 19.1. The van der Waals surface area contributed by atoms with Crippen LogP contribution in [-0.4, -0.2) is 25.6 Å². The van der Waals surface area contributed by atoms with Gasteiger partial charge in [-0.05, 0) is 32.9 Å². The summed E-state index contributed by atoms with van der Waals surface area (Å²) in [6.45, 7) is 2.15. The van der Waals surface area contributed by atoms with E-state index in [1.54, 1.807) is 19.2 Å². The van der Waals surface area contributed by atoms with Gasteiger partial charge < -0.3 is 15.4 Å². The minimum absolute atomic E-state index is 0.00611.